The van der Waals surface area contributed by atoms with Crippen molar-refractivity contribution in [1.29, 1.82) is 5.26 Å². The van der Waals surface area contributed by atoms with Crippen LogP contribution in [0.3, 0.4) is 0 Å². The molecule has 0 fully saturated rings. The molecule has 0 aromatic rings. The average molecular weight is 239 g/mol. The molecule has 0 heterocycles. The van der Waals surface area contributed by atoms with Crippen LogP contribution in [0.2, 0.25) is 0 Å². The van der Waals surface area contributed by atoms with Gasteiger partial charge in [0.05, 0.1) is 6.07 Å². The van der Waals surface area contributed by atoms with E-state index in [1.54, 1.807) is 0 Å². The van der Waals surface area contributed by atoms with Crippen LogP contribution < -0.4 is 5.32 Å². The van der Waals surface area contributed by atoms with Crippen molar-refractivity contribution in [3.8, 4) is 6.07 Å². The van der Waals surface area contributed by atoms with Gasteiger partial charge in [0, 0.05) is 0 Å². The lowest BCUT2D eigenvalue weighted by atomic mass is 9.92. The van der Waals surface area contributed by atoms with Gasteiger partial charge in [-0.3, -0.25) is 0 Å². The van der Waals surface area contributed by atoms with Crippen molar-refractivity contribution in [2.24, 2.45) is 0 Å². The maximum atomic E-state index is 9.22. The average Bonchev–Trinajstić information content (AvgIpc) is 2.36. The predicted octanol–water partition coefficient (Wildman–Crippen LogP) is 2.78. The Morgan fingerprint density at radius 3 is 2.06 bits per heavy atom. The van der Waals surface area contributed by atoms with Crippen molar-refractivity contribution in [3.63, 3.8) is 0 Å². The minimum atomic E-state index is -0.315. The largest absolute Gasteiger partial charge is 0.303 e. The minimum Gasteiger partial charge on any atom is -0.303 e. The fraction of sp³-hybridized carbons (Fsp3) is 0.929. The lowest BCUT2D eigenvalue weighted by Crippen LogP contribution is -2.41. The van der Waals surface area contributed by atoms with Gasteiger partial charge in [-0.05, 0) is 58.8 Å². The van der Waals surface area contributed by atoms with Crippen LogP contribution in [0.25, 0.3) is 0 Å². The first-order valence-corrected chi connectivity index (χ1v) is 7.00. The van der Waals surface area contributed by atoms with E-state index in [9.17, 15) is 5.26 Å². The van der Waals surface area contributed by atoms with Crippen LogP contribution in [0.4, 0.5) is 0 Å². The van der Waals surface area contributed by atoms with Crippen LogP contribution in [-0.4, -0.2) is 37.1 Å². The molecule has 0 aliphatic carbocycles. The first kappa shape index (κ1) is 16.4. The summed E-state index contributed by atoms with van der Waals surface area (Å²) in [5.74, 6) is 0. The molecule has 0 amide bonds. The maximum Gasteiger partial charge on any atom is 0.106 e. The van der Waals surface area contributed by atoms with E-state index in [-0.39, 0.29) is 5.54 Å². The first-order chi connectivity index (χ1) is 8.17. The van der Waals surface area contributed by atoms with Crippen LogP contribution in [0.5, 0.6) is 0 Å². The highest BCUT2D eigenvalue weighted by atomic mass is 15.1. The fourth-order valence-corrected chi connectivity index (χ4v) is 2.24. The minimum absolute atomic E-state index is 0.315. The monoisotopic (exact) mass is 239 g/mol. The molecule has 3 heteroatoms. The summed E-state index contributed by atoms with van der Waals surface area (Å²) < 4.78 is 0. The summed E-state index contributed by atoms with van der Waals surface area (Å²) in [5.41, 5.74) is -0.315. The Balaban J connectivity index is 4.05. The van der Waals surface area contributed by atoms with Gasteiger partial charge in [-0.1, -0.05) is 20.8 Å². The molecule has 1 N–H and O–H groups in total. The third-order valence-corrected chi connectivity index (χ3v) is 3.45. The molecule has 3 nitrogen and oxygen atoms in total. The van der Waals surface area contributed by atoms with Gasteiger partial charge in [-0.2, -0.15) is 5.26 Å². The molecular formula is C14H29N3. The summed E-state index contributed by atoms with van der Waals surface area (Å²) in [6.45, 7) is 10.0. The highest BCUT2D eigenvalue weighted by molar-refractivity contribution is 5.05. The van der Waals surface area contributed by atoms with Crippen LogP contribution in [-0.2, 0) is 0 Å². The number of nitrogens with one attached hydrogen (secondary N) is 1. The lowest BCUT2D eigenvalue weighted by molar-refractivity contribution is 0.255. The number of rotatable bonds is 10. The van der Waals surface area contributed by atoms with E-state index in [0.717, 1.165) is 25.8 Å². The SMILES string of the molecule is CCCN(CCC)CCCC(C#N)(CC)NC. The molecular weight excluding hydrogens is 210 g/mol. The van der Waals surface area contributed by atoms with Crippen molar-refractivity contribution >= 4 is 0 Å². The van der Waals surface area contributed by atoms with E-state index in [0.29, 0.717) is 0 Å². The second-order valence-corrected chi connectivity index (χ2v) is 4.74. The van der Waals surface area contributed by atoms with Crippen molar-refractivity contribution in [3.05, 3.63) is 0 Å². The Bertz CT molecular complexity index is 210. The second kappa shape index (κ2) is 9.44. The van der Waals surface area contributed by atoms with Crippen LogP contribution in [0, 0.1) is 11.3 Å². The summed E-state index contributed by atoms with van der Waals surface area (Å²) in [4.78, 5) is 2.51. The third kappa shape index (κ3) is 6.05. The summed E-state index contributed by atoms with van der Waals surface area (Å²) in [6, 6.07) is 2.42. The zero-order valence-electron chi connectivity index (χ0n) is 12.1. The Labute approximate surface area is 107 Å². The molecule has 0 radical (unpaired) electrons. The molecule has 100 valence electrons. The molecule has 0 spiro atoms. The van der Waals surface area contributed by atoms with E-state index in [1.807, 2.05) is 7.05 Å². The summed E-state index contributed by atoms with van der Waals surface area (Å²) in [7, 11) is 1.89. The molecule has 0 aromatic heterocycles. The van der Waals surface area contributed by atoms with Gasteiger partial charge in [-0.15, -0.1) is 0 Å². The van der Waals surface area contributed by atoms with Gasteiger partial charge < -0.3 is 10.2 Å². The van der Waals surface area contributed by atoms with Crippen molar-refractivity contribution in [2.45, 2.75) is 58.4 Å². The van der Waals surface area contributed by atoms with Gasteiger partial charge in [0.1, 0.15) is 5.54 Å². The molecule has 1 unspecified atom stereocenters. The Morgan fingerprint density at radius 2 is 1.71 bits per heavy atom. The van der Waals surface area contributed by atoms with Gasteiger partial charge in [0.15, 0.2) is 0 Å². The molecule has 0 bridgehead atoms. The van der Waals surface area contributed by atoms with Gasteiger partial charge in [0.25, 0.3) is 0 Å². The molecule has 0 saturated heterocycles. The predicted molar refractivity (Wildman–Crippen MR) is 74.0 cm³/mol. The first-order valence-electron chi connectivity index (χ1n) is 7.00. The third-order valence-electron chi connectivity index (χ3n) is 3.45. The normalized spacial score (nSPS) is 14.6. The quantitative estimate of drug-likeness (QED) is 0.637. The zero-order valence-corrected chi connectivity index (χ0v) is 12.1. The van der Waals surface area contributed by atoms with E-state index >= 15 is 0 Å². The Kier molecular flexibility index (Phi) is 9.11. The van der Waals surface area contributed by atoms with Crippen molar-refractivity contribution in [1.82, 2.24) is 10.2 Å². The van der Waals surface area contributed by atoms with E-state index in [2.05, 4.69) is 37.1 Å². The Hall–Kier alpha value is -0.590. The van der Waals surface area contributed by atoms with Gasteiger partial charge in [-0.25, -0.2) is 0 Å². The van der Waals surface area contributed by atoms with Gasteiger partial charge in [0.2, 0.25) is 0 Å². The summed E-state index contributed by atoms with van der Waals surface area (Å²) in [5, 5.41) is 12.4. The van der Waals surface area contributed by atoms with Crippen LogP contribution >= 0.6 is 0 Å². The number of nitrogens with zero attached hydrogens (tertiary/aromatic N) is 2. The summed E-state index contributed by atoms with van der Waals surface area (Å²) >= 11 is 0. The molecule has 0 saturated carbocycles. The molecule has 0 rings (SSSR count). The van der Waals surface area contributed by atoms with Crippen LogP contribution in [0.1, 0.15) is 52.9 Å². The number of hydrogen-bond acceptors (Lipinski definition) is 3. The number of nitriles is 1. The molecule has 17 heavy (non-hydrogen) atoms. The van der Waals surface area contributed by atoms with Gasteiger partial charge >= 0.3 is 0 Å². The second-order valence-electron chi connectivity index (χ2n) is 4.74. The standard InChI is InChI=1S/C14H29N3/c1-5-10-17(11-6-2)12-8-9-14(7-3,13-15)16-4/h16H,5-12H2,1-4H3. The zero-order chi connectivity index (χ0) is 13.1. The Morgan fingerprint density at radius 1 is 1.12 bits per heavy atom. The lowest BCUT2D eigenvalue weighted by Gasteiger charge is -2.27. The maximum absolute atomic E-state index is 9.22. The topological polar surface area (TPSA) is 39.1 Å². The highest BCUT2D eigenvalue weighted by Crippen LogP contribution is 2.16. The van der Waals surface area contributed by atoms with Crippen LogP contribution in [0.15, 0.2) is 0 Å². The molecule has 0 aliphatic heterocycles. The highest BCUT2D eigenvalue weighted by Gasteiger charge is 2.24. The van der Waals surface area contributed by atoms with Crippen molar-refractivity contribution < 1.29 is 0 Å². The fourth-order valence-electron chi connectivity index (χ4n) is 2.24. The molecule has 0 aliphatic rings. The van der Waals surface area contributed by atoms with E-state index in [4.69, 9.17) is 0 Å². The number of hydrogen-bond donors (Lipinski definition) is 1. The molecule has 0 aromatic carbocycles. The van der Waals surface area contributed by atoms with Crippen molar-refractivity contribution in [2.75, 3.05) is 26.7 Å². The van der Waals surface area contributed by atoms with E-state index in [1.165, 1.54) is 25.9 Å². The van der Waals surface area contributed by atoms with E-state index < -0.39 is 0 Å². The smallest absolute Gasteiger partial charge is 0.106 e. The summed E-state index contributed by atoms with van der Waals surface area (Å²) in [6.07, 6.45) is 5.34. The molecule has 1 atom stereocenters.